The van der Waals surface area contributed by atoms with Crippen molar-refractivity contribution in [3.63, 3.8) is 0 Å². The molecule has 0 aliphatic carbocycles. The highest BCUT2D eigenvalue weighted by Crippen LogP contribution is 2.22. The molecule has 3 aromatic rings. The summed E-state index contributed by atoms with van der Waals surface area (Å²) in [7, 11) is -3.47. The molecule has 0 saturated carbocycles. The first-order chi connectivity index (χ1) is 14.5. The third-order valence-corrected chi connectivity index (χ3v) is 7.23. The van der Waals surface area contributed by atoms with Crippen molar-refractivity contribution in [1.29, 1.82) is 0 Å². The van der Waals surface area contributed by atoms with Gasteiger partial charge in [0.25, 0.3) is 0 Å². The first-order valence-corrected chi connectivity index (χ1v) is 11.6. The molecule has 1 fully saturated rings. The fourth-order valence-electron chi connectivity index (χ4n) is 3.71. The second-order valence-electron chi connectivity index (χ2n) is 7.38. The highest BCUT2D eigenvalue weighted by molar-refractivity contribution is 7.89. The number of hydrogen-bond donors (Lipinski definition) is 1. The van der Waals surface area contributed by atoms with Gasteiger partial charge in [0.1, 0.15) is 0 Å². The molecule has 1 amide bonds. The van der Waals surface area contributed by atoms with Crippen molar-refractivity contribution in [1.82, 2.24) is 4.31 Å². The molecule has 30 heavy (non-hydrogen) atoms. The summed E-state index contributed by atoms with van der Waals surface area (Å²) in [6, 6.07) is 20.3. The SMILES string of the molecule is O=C(/C=C/c1cccc2ccccc12)Nc1ccc(S(=O)(=O)N2CCCCC2)cc1. The van der Waals surface area contributed by atoms with E-state index in [0.29, 0.717) is 18.8 Å². The van der Waals surface area contributed by atoms with Crippen LogP contribution in [0.1, 0.15) is 24.8 Å². The van der Waals surface area contributed by atoms with Crippen LogP contribution in [0.4, 0.5) is 5.69 Å². The molecule has 1 aliphatic heterocycles. The van der Waals surface area contributed by atoms with E-state index in [1.54, 1.807) is 30.3 Å². The molecule has 1 heterocycles. The van der Waals surface area contributed by atoms with Gasteiger partial charge in [0.2, 0.25) is 15.9 Å². The number of piperidine rings is 1. The van der Waals surface area contributed by atoms with Crippen LogP contribution in [0.5, 0.6) is 0 Å². The lowest BCUT2D eigenvalue weighted by Gasteiger charge is -2.25. The Morgan fingerprint density at radius 3 is 2.33 bits per heavy atom. The average Bonchev–Trinajstić information content (AvgIpc) is 2.78. The molecule has 0 unspecified atom stereocenters. The number of anilines is 1. The van der Waals surface area contributed by atoms with E-state index in [2.05, 4.69) is 5.32 Å². The summed E-state index contributed by atoms with van der Waals surface area (Å²) in [6.45, 7) is 1.14. The maximum atomic E-state index is 12.7. The van der Waals surface area contributed by atoms with E-state index >= 15 is 0 Å². The zero-order valence-corrected chi connectivity index (χ0v) is 17.4. The third kappa shape index (κ3) is 4.45. The van der Waals surface area contributed by atoms with Crippen molar-refractivity contribution in [3.8, 4) is 0 Å². The van der Waals surface area contributed by atoms with Gasteiger partial charge in [0.15, 0.2) is 0 Å². The van der Waals surface area contributed by atoms with E-state index in [0.717, 1.165) is 35.6 Å². The monoisotopic (exact) mass is 420 g/mol. The van der Waals surface area contributed by atoms with E-state index in [1.165, 1.54) is 10.4 Å². The zero-order valence-electron chi connectivity index (χ0n) is 16.6. The smallest absolute Gasteiger partial charge is 0.248 e. The number of sulfonamides is 1. The van der Waals surface area contributed by atoms with Gasteiger partial charge >= 0.3 is 0 Å². The molecule has 0 aromatic heterocycles. The Morgan fingerprint density at radius 1 is 0.867 bits per heavy atom. The Kier molecular flexibility index (Phi) is 5.97. The minimum atomic E-state index is -3.47. The molecule has 6 heteroatoms. The van der Waals surface area contributed by atoms with Gasteiger partial charge in [-0.1, -0.05) is 48.9 Å². The van der Waals surface area contributed by atoms with Gasteiger partial charge in [0.05, 0.1) is 4.90 Å². The first-order valence-electron chi connectivity index (χ1n) is 10.1. The van der Waals surface area contributed by atoms with Crippen LogP contribution in [0.25, 0.3) is 16.8 Å². The number of amides is 1. The van der Waals surface area contributed by atoms with Gasteiger partial charge in [-0.05, 0) is 59.5 Å². The van der Waals surface area contributed by atoms with Gasteiger partial charge in [0, 0.05) is 24.9 Å². The molecule has 0 bridgehead atoms. The quantitative estimate of drug-likeness (QED) is 0.610. The van der Waals surface area contributed by atoms with Crippen LogP contribution in [0.3, 0.4) is 0 Å². The second kappa shape index (κ2) is 8.81. The van der Waals surface area contributed by atoms with E-state index in [4.69, 9.17) is 0 Å². The number of nitrogens with zero attached hydrogens (tertiary/aromatic N) is 1. The van der Waals surface area contributed by atoms with Crippen LogP contribution in [0.2, 0.25) is 0 Å². The molecule has 0 atom stereocenters. The fraction of sp³-hybridized carbons (Fsp3) is 0.208. The zero-order chi connectivity index (χ0) is 21.0. The fourth-order valence-corrected chi connectivity index (χ4v) is 5.23. The molecule has 1 N–H and O–H groups in total. The molecule has 1 saturated heterocycles. The largest absolute Gasteiger partial charge is 0.323 e. The van der Waals surface area contributed by atoms with E-state index in [1.807, 2.05) is 42.5 Å². The van der Waals surface area contributed by atoms with Crippen LogP contribution >= 0.6 is 0 Å². The highest BCUT2D eigenvalue weighted by atomic mass is 32.2. The van der Waals surface area contributed by atoms with Crippen molar-refractivity contribution in [2.24, 2.45) is 0 Å². The summed E-state index contributed by atoms with van der Waals surface area (Å²) in [5, 5.41) is 4.98. The number of nitrogens with one attached hydrogen (secondary N) is 1. The number of hydrogen-bond acceptors (Lipinski definition) is 3. The van der Waals surface area contributed by atoms with E-state index in [-0.39, 0.29) is 10.8 Å². The molecule has 4 rings (SSSR count). The predicted octanol–water partition coefficient (Wildman–Crippen LogP) is 4.67. The number of rotatable bonds is 5. The van der Waals surface area contributed by atoms with Crippen LogP contribution in [0, 0.1) is 0 Å². The minimum absolute atomic E-state index is 0.258. The minimum Gasteiger partial charge on any atom is -0.323 e. The first kappa shape index (κ1) is 20.3. The van der Waals surface area contributed by atoms with Gasteiger partial charge in [-0.2, -0.15) is 4.31 Å². The lowest BCUT2D eigenvalue weighted by atomic mass is 10.0. The third-order valence-electron chi connectivity index (χ3n) is 5.31. The Labute approximate surface area is 177 Å². The Balaban J connectivity index is 1.44. The maximum absolute atomic E-state index is 12.7. The lowest BCUT2D eigenvalue weighted by molar-refractivity contribution is -0.111. The van der Waals surface area contributed by atoms with Crippen LogP contribution < -0.4 is 5.32 Å². The van der Waals surface area contributed by atoms with Gasteiger partial charge in [-0.3, -0.25) is 4.79 Å². The van der Waals surface area contributed by atoms with Gasteiger partial charge in [-0.15, -0.1) is 0 Å². The molecule has 0 radical (unpaired) electrons. The number of benzene rings is 3. The molecule has 5 nitrogen and oxygen atoms in total. The normalized spacial score (nSPS) is 15.5. The van der Waals surface area contributed by atoms with E-state index < -0.39 is 10.0 Å². The molecule has 3 aromatic carbocycles. The standard InChI is InChI=1S/C24H24N2O3S/c27-24(16-11-20-9-6-8-19-7-2-3-10-23(19)20)25-21-12-14-22(15-13-21)30(28,29)26-17-4-1-5-18-26/h2-3,6-16H,1,4-5,17-18H2,(H,25,27)/b16-11+. The molecular weight excluding hydrogens is 396 g/mol. The lowest BCUT2D eigenvalue weighted by Crippen LogP contribution is -2.35. The summed E-state index contributed by atoms with van der Waals surface area (Å²) >= 11 is 0. The molecule has 1 aliphatic rings. The summed E-state index contributed by atoms with van der Waals surface area (Å²) in [5.41, 5.74) is 1.52. The van der Waals surface area contributed by atoms with E-state index in [9.17, 15) is 13.2 Å². The van der Waals surface area contributed by atoms with Gasteiger partial charge in [-0.25, -0.2) is 8.42 Å². The summed E-state index contributed by atoms with van der Waals surface area (Å²) in [5.74, 6) is -0.269. The van der Waals surface area contributed by atoms with Crippen molar-refractivity contribution >= 4 is 38.5 Å². The number of fused-ring (bicyclic) bond motifs is 1. The Hall–Kier alpha value is -2.96. The molecular formula is C24H24N2O3S. The summed E-state index contributed by atoms with van der Waals surface area (Å²) in [4.78, 5) is 12.6. The topological polar surface area (TPSA) is 66.5 Å². The van der Waals surface area contributed by atoms with Crippen molar-refractivity contribution in [3.05, 3.63) is 78.4 Å². The molecule has 154 valence electrons. The highest BCUT2D eigenvalue weighted by Gasteiger charge is 2.25. The predicted molar refractivity (Wildman–Crippen MR) is 121 cm³/mol. The number of carbonyl (C=O) groups is 1. The number of carbonyl (C=O) groups excluding carboxylic acids is 1. The van der Waals surface area contributed by atoms with Gasteiger partial charge < -0.3 is 5.32 Å². The van der Waals surface area contributed by atoms with Crippen LogP contribution in [-0.4, -0.2) is 31.7 Å². The van der Waals surface area contributed by atoms with Crippen molar-refractivity contribution in [2.75, 3.05) is 18.4 Å². The van der Waals surface area contributed by atoms with Crippen LogP contribution in [-0.2, 0) is 14.8 Å². The summed E-state index contributed by atoms with van der Waals surface area (Å²) < 4.78 is 27.0. The van der Waals surface area contributed by atoms with Crippen molar-refractivity contribution < 1.29 is 13.2 Å². The second-order valence-corrected chi connectivity index (χ2v) is 9.32. The molecule has 0 spiro atoms. The van der Waals surface area contributed by atoms with Crippen molar-refractivity contribution in [2.45, 2.75) is 24.2 Å². The summed E-state index contributed by atoms with van der Waals surface area (Å²) in [6.07, 6.45) is 6.14. The Morgan fingerprint density at radius 2 is 1.57 bits per heavy atom. The van der Waals surface area contributed by atoms with Crippen LogP contribution in [0.15, 0.2) is 77.7 Å². The Bertz CT molecular complexity index is 1170. The maximum Gasteiger partial charge on any atom is 0.248 e. The average molecular weight is 421 g/mol.